The maximum Gasteiger partial charge on any atom is 0.250 e. The number of hydrazone groups is 1. The van der Waals surface area contributed by atoms with Crippen molar-refractivity contribution < 1.29 is 4.79 Å². The number of thioether (sulfide) groups is 1. The summed E-state index contributed by atoms with van der Waals surface area (Å²) in [6, 6.07) is 25.4. The minimum atomic E-state index is -0.230. The Kier molecular flexibility index (Phi) is 7.51. The Labute approximate surface area is 206 Å². The third kappa shape index (κ3) is 5.53. The molecule has 0 atom stereocenters. The van der Waals surface area contributed by atoms with Crippen molar-refractivity contribution in [2.75, 3.05) is 5.75 Å². The Hall–Kier alpha value is -2.75. The van der Waals surface area contributed by atoms with Crippen LogP contribution < -0.4 is 5.43 Å². The molecule has 4 aromatic rings. The van der Waals surface area contributed by atoms with Crippen LogP contribution in [0.15, 0.2) is 98.1 Å². The number of benzene rings is 3. The molecule has 0 bridgehead atoms. The largest absolute Gasteiger partial charge is 0.272 e. The summed E-state index contributed by atoms with van der Waals surface area (Å²) in [6.07, 6.45) is 1.60. The van der Waals surface area contributed by atoms with Gasteiger partial charge in [-0.25, -0.2) is 5.43 Å². The molecule has 0 saturated carbocycles. The van der Waals surface area contributed by atoms with Crippen LogP contribution in [0, 0.1) is 0 Å². The summed E-state index contributed by atoms with van der Waals surface area (Å²) in [6.45, 7) is 0. The predicted octanol–water partition coefficient (Wildman–Crippen LogP) is 5.70. The van der Waals surface area contributed by atoms with Gasteiger partial charge in [0.25, 0.3) is 5.91 Å². The lowest BCUT2D eigenvalue weighted by molar-refractivity contribution is -0.118. The molecular weight excluding hydrogens is 554 g/mol. The van der Waals surface area contributed by atoms with E-state index in [2.05, 4.69) is 52.6 Å². The Morgan fingerprint density at radius 1 is 0.969 bits per heavy atom. The molecule has 0 saturated heterocycles. The van der Waals surface area contributed by atoms with Gasteiger partial charge in [0.15, 0.2) is 11.0 Å². The lowest BCUT2D eigenvalue weighted by atomic mass is 10.2. The van der Waals surface area contributed by atoms with E-state index in [-0.39, 0.29) is 11.7 Å². The van der Waals surface area contributed by atoms with E-state index in [1.807, 2.05) is 83.4 Å². The first-order chi connectivity index (χ1) is 15.6. The smallest absolute Gasteiger partial charge is 0.250 e. The van der Waals surface area contributed by atoms with E-state index in [9.17, 15) is 4.79 Å². The molecule has 0 aliphatic carbocycles. The maximum atomic E-state index is 12.3. The summed E-state index contributed by atoms with van der Waals surface area (Å²) in [5.74, 6) is 0.628. The molecule has 1 heterocycles. The van der Waals surface area contributed by atoms with E-state index < -0.39 is 0 Å². The summed E-state index contributed by atoms with van der Waals surface area (Å²) >= 11 is 8.22. The zero-order chi connectivity index (χ0) is 22.3. The molecule has 6 nitrogen and oxygen atoms in total. The molecule has 1 amide bonds. The number of aromatic nitrogens is 3. The number of para-hydroxylation sites is 1. The Balaban J connectivity index is 1.50. The second kappa shape index (κ2) is 10.7. The summed E-state index contributed by atoms with van der Waals surface area (Å²) in [7, 11) is 0. The van der Waals surface area contributed by atoms with Crippen LogP contribution in [-0.2, 0) is 4.79 Å². The van der Waals surface area contributed by atoms with Crippen LogP contribution in [0.25, 0.3) is 17.1 Å². The van der Waals surface area contributed by atoms with E-state index in [4.69, 9.17) is 0 Å². The third-order valence-corrected chi connectivity index (χ3v) is 6.56. The van der Waals surface area contributed by atoms with Crippen molar-refractivity contribution in [1.82, 2.24) is 20.2 Å². The fourth-order valence-corrected chi connectivity index (χ4v) is 4.27. The molecule has 3 aromatic carbocycles. The first-order valence-corrected chi connectivity index (χ1v) is 12.1. The number of nitrogens with zero attached hydrogens (tertiary/aromatic N) is 4. The Morgan fingerprint density at radius 2 is 1.69 bits per heavy atom. The fourth-order valence-electron chi connectivity index (χ4n) is 2.88. The van der Waals surface area contributed by atoms with Gasteiger partial charge in [-0.2, -0.15) is 5.10 Å². The second-order valence-electron chi connectivity index (χ2n) is 6.59. The average Bonchev–Trinajstić information content (AvgIpc) is 3.24. The summed E-state index contributed by atoms with van der Waals surface area (Å²) in [5, 5.41) is 13.4. The number of halogens is 2. The molecule has 0 spiro atoms. The van der Waals surface area contributed by atoms with Gasteiger partial charge in [0.05, 0.1) is 12.0 Å². The van der Waals surface area contributed by atoms with Crippen LogP contribution >= 0.6 is 43.6 Å². The highest BCUT2D eigenvalue weighted by Gasteiger charge is 2.17. The topological polar surface area (TPSA) is 72.2 Å². The predicted molar refractivity (Wildman–Crippen MR) is 135 cm³/mol. The molecule has 9 heteroatoms. The number of carbonyl (C=O) groups excluding carboxylic acids is 1. The second-order valence-corrected chi connectivity index (χ2v) is 9.30. The number of carbonyl (C=O) groups is 1. The molecule has 1 aromatic heterocycles. The quantitative estimate of drug-likeness (QED) is 0.176. The Morgan fingerprint density at radius 3 is 2.44 bits per heavy atom. The molecule has 1 N–H and O–H groups in total. The van der Waals surface area contributed by atoms with Gasteiger partial charge in [0.1, 0.15) is 0 Å². The minimum Gasteiger partial charge on any atom is -0.272 e. The van der Waals surface area contributed by atoms with Crippen molar-refractivity contribution in [2.45, 2.75) is 5.16 Å². The average molecular weight is 571 g/mol. The molecule has 32 heavy (non-hydrogen) atoms. The van der Waals surface area contributed by atoms with Crippen molar-refractivity contribution in [1.29, 1.82) is 0 Å². The number of rotatable bonds is 7. The number of hydrogen-bond acceptors (Lipinski definition) is 5. The van der Waals surface area contributed by atoms with E-state index in [0.29, 0.717) is 11.0 Å². The normalized spacial score (nSPS) is 11.1. The summed E-state index contributed by atoms with van der Waals surface area (Å²) < 4.78 is 3.84. The monoisotopic (exact) mass is 569 g/mol. The maximum absolute atomic E-state index is 12.3. The molecular formula is C23H17Br2N5OS. The van der Waals surface area contributed by atoms with E-state index in [0.717, 1.165) is 25.8 Å². The van der Waals surface area contributed by atoms with Crippen LogP contribution in [0.3, 0.4) is 0 Å². The van der Waals surface area contributed by atoms with E-state index in [1.165, 1.54) is 11.8 Å². The fraction of sp³-hybridized carbons (Fsp3) is 0.0435. The standard InChI is InChI=1S/C23H17Br2N5OS/c24-18-12-10-16(11-13-18)22-28-29-23(30(22)19-7-2-1-3-8-19)32-15-21(31)27-26-14-17-6-4-5-9-20(17)25/h1-14H,15H2,(H,27,31)/b26-14+. The molecule has 0 aliphatic heterocycles. The van der Waals surface area contributed by atoms with Crippen LogP contribution in [0.4, 0.5) is 0 Å². The van der Waals surface area contributed by atoms with E-state index >= 15 is 0 Å². The molecule has 0 radical (unpaired) electrons. The van der Waals surface area contributed by atoms with Crippen molar-refractivity contribution >= 4 is 55.7 Å². The van der Waals surface area contributed by atoms with Crippen LogP contribution in [0.2, 0.25) is 0 Å². The van der Waals surface area contributed by atoms with Crippen molar-refractivity contribution in [3.8, 4) is 17.1 Å². The SMILES string of the molecule is O=C(CSc1nnc(-c2ccc(Br)cc2)n1-c1ccccc1)N/N=C/c1ccccc1Br. The summed E-state index contributed by atoms with van der Waals surface area (Å²) in [4.78, 5) is 12.3. The zero-order valence-electron chi connectivity index (χ0n) is 16.7. The molecule has 0 aliphatic rings. The lowest BCUT2D eigenvalue weighted by Crippen LogP contribution is -2.20. The first kappa shape index (κ1) is 22.4. The highest BCUT2D eigenvalue weighted by atomic mass is 79.9. The molecule has 0 fully saturated rings. The van der Waals surface area contributed by atoms with Crippen LogP contribution in [0.5, 0.6) is 0 Å². The van der Waals surface area contributed by atoms with Gasteiger partial charge >= 0.3 is 0 Å². The Bertz CT molecular complexity index is 1240. The number of amides is 1. The number of nitrogens with one attached hydrogen (secondary N) is 1. The van der Waals surface area contributed by atoms with Gasteiger partial charge in [-0.1, -0.05) is 92.2 Å². The molecule has 0 unspecified atom stereocenters. The molecule has 4 rings (SSSR count). The van der Waals surface area contributed by atoms with Crippen molar-refractivity contribution in [2.24, 2.45) is 5.10 Å². The zero-order valence-corrected chi connectivity index (χ0v) is 20.6. The van der Waals surface area contributed by atoms with Crippen LogP contribution in [0.1, 0.15) is 5.56 Å². The van der Waals surface area contributed by atoms with Crippen molar-refractivity contribution in [3.05, 3.63) is 93.4 Å². The van der Waals surface area contributed by atoms with Gasteiger partial charge in [0.2, 0.25) is 0 Å². The molecule has 160 valence electrons. The van der Waals surface area contributed by atoms with Gasteiger partial charge in [0, 0.05) is 25.8 Å². The lowest BCUT2D eigenvalue weighted by Gasteiger charge is -2.10. The van der Waals surface area contributed by atoms with Gasteiger partial charge < -0.3 is 0 Å². The highest BCUT2D eigenvalue weighted by Crippen LogP contribution is 2.28. The minimum absolute atomic E-state index is 0.151. The van der Waals surface area contributed by atoms with Gasteiger partial charge in [-0.15, -0.1) is 10.2 Å². The summed E-state index contributed by atoms with van der Waals surface area (Å²) in [5.41, 5.74) is 5.29. The van der Waals surface area contributed by atoms with Gasteiger partial charge in [-0.05, 0) is 30.3 Å². The third-order valence-electron chi connectivity index (χ3n) is 4.38. The highest BCUT2D eigenvalue weighted by molar-refractivity contribution is 9.10. The van der Waals surface area contributed by atoms with Crippen molar-refractivity contribution in [3.63, 3.8) is 0 Å². The van der Waals surface area contributed by atoms with E-state index in [1.54, 1.807) is 6.21 Å². The van der Waals surface area contributed by atoms with Crippen LogP contribution in [-0.4, -0.2) is 32.6 Å². The van der Waals surface area contributed by atoms with Gasteiger partial charge in [-0.3, -0.25) is 9.36 Å². The number of hydrogen-bond donors (Lipinski definition) is 1. The first-order valence-electron chi connectivity index (χ1n) is 9.58.